The molecule has 2 N–H and O–H groups in total. The van der Waals surface area contributed by atoms with Crippen LogP contribution in [0.1, 0.15) is 47.6 Å². The summed E-state index contributed by atoms with van der Waals surface area (Å²) < 4.78 is 16.9. The van der Waals surface area contributed by atoms with Gasteiger partial charge in [0, 0.05) is 28.3 Å². The van der Waals surface area contributed by atoms with Crippen LogP contribution in [0.4, 0.5) is 11.4 Å². The van der Waals surface area contributed by atoms with Crippen LogP contribution in [-0.4, -0.2) is 45.1 Å². The molecule has 2 atom stereocenters. The number of nitrogens with zero attached hydrogens (tertiary/aromatic N) is 1. The molecule has 0 bridgehead atoms. The first-order chi connectivity index (χ1) is 19.8. The Kier molecular flexibility index (Phi) is 8.49. The van der Waals surface area contributed by atoms with Gasteiger partial charge in [-0.1, -0.05) is 6.07 Å². The van der Waals surface area contributed by atoms with Gasteiger partial charge < -0.3 is 29.7 Å². The van der Waals surface area contributed by atoms with E-state index in [9.17, 15) is 14.4 Å². The van der Waals surface area contributed by atoms with E-state index < -0.39 is 12.0 Å². The third-order valence-corrected chi connectivity index (χ3v) is 8.12. The predicted octanol–water partition coefficient (Wildman–Crippen LogP) is 5.49. The topological polar surface area (TPSA) is 106 Å². The maximum Gasteiger partial charge on any atom is 0.252 e. The number of methoxy groups -OCH3 is 3. The number of nitrogens with one attached hydrogen (secondary N) is 2. The number of amides is 3. The summed E-state index contributed by atoms with van der Waals surface area (Å²) in [6.07, 6.45) is 2.50. The van der Waals surface area contributed by atoms with Gasteiger partial charge in [0.15, 0.2) is 11.5 Å². The molecule has 0 spiro atoms. The highest BCUT2D eigenvalue weighted by molar-refractivity contribution is 9.10. The lowest BCUT2D eigenvalue weighted by atomic mass is 9.83. The smallest absolute Gasteiger partial charge is 0.252 e. The van der Waals surface area contributed by atoms with Crippen LogP contribution in [-0.2, 0) is 9.59 Å². The molecular weight excluding hydrogens is 590 g/mol. The average Bonchev–Trinajstić information content (AvgIpc) is 3.81. The molecule has 2 aliphatic rings. The van der Waals surface area contributed by atoms with Crippen LogP contribution in [0, 0.1) is 5.92 Å². The number of carbonyl (C=O) groups is 3. The van der Waals surface area contributed by atoms with Gasteiger partial charge in [-0.05, 0) is 95.4 Å². The molecule has 0 radical (unpaired) electrons. The molecule has 1 aliphatic heterocycles. The van der Waals surface area contributed by atoms with Gasteiger partial charge >= 0.3 is 0 Å². The lowest BCUT2D eigenvalue weighted by Crippen LogP contribution is -2.47. The second kappa shape index (κ2) is 12.2. The number of rotatable bonds is 9. The SMILES string of the molecule is COc1ccc(N2C(=O)CCC(C(=O)Nc3ccc(Br)c(C(=O)NC4CC4)c3)C2c2ccc(OC)c(OC)c2)cc1. The van der Waals surface area contributed by atoms with Crippen molar-refractivity contribution < 1.29 is 28.6 Å². The van der Waals surface area contributed by atoms with Crippen LogP contribution >= 0.6 is 15.9 Å². The lowest BCUT2D eigenvalue weighted by Gasteiger charge is -2.41. The molecule has 214 valence electrons. The minimum absolute atomic E-state index is 0.0957. The zero-order valence-corrected chi connectivity index (χ0v) is 24.7. The minimum atomic E-state index is -0.627. The van der Waals surface area contributed by atoms with Crippen molar-refractivity contribution in [2.45, 2.75) is 37.8 Å². The van der Waals surface area contributed by atoms with Crippen molar-refractivity contribution in [1.82, 2.24) is 5.32 Å². The van der Waals surface area contributed by atoms with Crippen molar-refractivity contribution in [1.29, 1.82) is 0 Å². The maximum absolute atomic E-state index is 13.9. The molecule has 1 heterocycles. The van der Waals surface area contributed by atoms with Crippen LogP contribution in [0.3, 0.4) is 0 Å². The quantitative estimate of drug-likeness (QED) is 0.327. The Labute approximate surface area is 247 Å². The Hall–Kier alpha value is -4.05. The van der Waals surface area contributed by atoms with Crippen molar-refractivity contribution in [3.63, 3.8) is 0 Å². The van der Waals surface area contributed by atoms with Crippen molar-refractivity contribution in [3.05, 3.63) is 76.3 Å². The number of anilines is 2. The van der Waals surface area contributed by atoms with E-state index in [4.69, 9.17) is 14.2 Å². The largest absolute Gasteiger partial charge is 0.497 e. The van der Waals surface area contributed by atoms with Crippen LogP contribution in [0.2, 0.25) is 0 Å². The maximum atomic E-state index is 13.9. The molecular formula is C31H32BrN3O6. The van der Waals surface area contributed by atoms with Gasteiger partial charge in [0.2, 0.25) is 11.8 Å². The summed E-state index contributed by atoms with van der Waals surface area (Å²) >= 11 is 3.45. The van der Waals surface area contributed by atoms with E-state index in [-0.39, 0.29) is 30.2 Å². The van der Waals surface area contributed by atoms with Gasteiger partial charge in [0.1, 0.15) is 5.75 Å². The molecule has 3 amide bonds. The van der Waals surface area contributed by atoms with Crippen molar-refractivity contribution in [2.75, 3.05) is 31.5 Å². The van der Waals surface area contributed by atoms with Gasteiger partial charge in [0.05, 0.1) is 38.9 Å². The molecule has 2 fully saturated rings. The summed E-state index contributed by atoms with van der Waals surface area (Å²) in [6, 6.07) is 17.4. The van der Waals surface area contributed by atoms with Crippen LogP contribution in [0.25, 0.3) is 0 Å². The summed E-state index contributed by atoms with van der Waals surface area (Å²) in [5, 5.41) is 5.99. The second-order valence-electron chi connectivity index (χ2n) is 10.1. The molecule has 1 saturated carbocycles. The Morgan fingerprint density at radius 2 is 1.61 bits per heavy atom. The Bertz CT molecular complexity index is 1460. The third-order valence-electron chi connectivity index (χ3n) is 7.42. The molecule has 10 heteroatoms. The molecule has 1 aliphatic carbocycles. The highest BCUT2D eigenvalue weighted by Crippen LogP contribution is 2.43. The summed E-state index contributed by atoms with van der Waals surface area (Å²) in [5.74, 6) is 0.562. The van der Waals surface area contributed by atoms with E-state index >= 15 is 0 Å². The average molecular weight is 623 g/mol. The van der Waals surface area contributed by atoms with E-state index in [1.54, 1.807) is 68.7 Å². The van der Waals surface area contributed by atoms with Gasteiger partial charge in [-0.25, -0.2) is 0 Å². The molecule has 0 aromatic heterocycles. The van der Waals surface area contributed by atoms with E-state index in [1.807, 2.05) is 18.2 Å². The Morgan fingerprint density at radius 3 is 2.27 bits per heavy atom. The van der Waals surface area contributed by atoms with E-state index in [2.05, 4.69) is 26.6 Å². The summed E-state index contributed by atoms with van der Waals surface area (Å²) in [6.45, 7) is 0. The fourth-order valence-corrected chi connectivity index (χ4v) is 5.56. The first kappa shape index (κ1) is 28.5. The molecule has 5 rings (SSSR count). The summed E-state index contributed by atoms with van der Waals surface area (Å²) in [5.41, 5.74) is 2.32. The molecule has 3 aromatic rings. The Morgan fingerprint density at radius 1 is 0.878 bits per heavy atom. The van der Waals surface area contributed by atoms with Crippen LogP contribution in [0.5, 0.6) is 17.2 Å². The van der Waals surface area contributed by atoms with Gasteiger partial charge in [-0.3, -0.25) is 14.4 Å². The normalized spacial score (nSPS) is 18.4. The van der Waals surface area contributed by atoms with Crippen molar-refractivity contribution in [2.24, 2.45) is 5.92 Å². The lowest BCUT2D eigenvalue weighted by molar-refractivity contribution is -0.125. The fraction of sp³-hybridized carbons (Fsp3) is 0.323. The summed E-state index contributed by atoms with van der Waals surface area (Å²) in [4.78, 5) is 41.8. The summed E-state index contributed by atoms with van der Waals surface area (Å²) in [7, 11) is 4.68. The zero-order chi connectivity index (χ0) is 29.1. The monoisotopic (exact) mass is 621 g/mol. The molecule has 1 saturated heterocycles. The molecule has 9 nitrogen and oxygen atoms in total. The number of halogens is 1. The molecule has 2 unspecified atom stereocenters. The first-order valence-electron chi connectivity index (χ1n) is 13.4. The van der Waals surface area contributed by atoms with Gasteiger partial charge in [0.25, 0.3) is 5.91 Å². The highest BCUT2D eigenvalue weighted by Gasteiger charge is 2.42. The molecule has 3 aromatic carbocycles. The number of hydrogen-bond acceptors (Lipinski definition) is 6. The van der Waals surface area contributed by atoms with Gasteiger partial charge in [-0.15, -0.1) is 0 Å². The first-order valence-corrected chi connectivity index (χ1v) is 14.2. The minimum Gasteiger partial charge on any atom is -0.497 e. The number of carbonyl (C=O) groups excluding carboxylic acids is 3. The van der Waals surface area contributed by atoms with E-state index in [0.29, 0.717) is 45.1 Å². The van der Waals surface area contributed by atoms with Crippen LogP contribution < -0.4 is 29.7 Å². The Balaban J connectivity index is 1.50. The number of piperidine rings is 1. The number of benzene rings is 3. The van der Waals surface area contributed by atoms with Crippen molar-refractivity contribution >= 4 is 45.0 Å². The van der Waals surface area contributed by atoms with Crippen molar-refractivity contribution in [3.8, 4) is 17.2 Å². The number of hydrogen-bond donors (Lipinski definition) is 2. The predicted molar refractivity (Wildman–Crippen MR) is 159 cm³/mol. The van der Waals surface area contributed by atoms with Gasteiger partial charge in [-0.2, -0.15) is 0 Å². The highest BCUT2D eigenvalue weighted by atomic mass is 79.9. The van der Waals surface area contributed by atoms with Crippen LogP contribution in [0.15, 0.2) is 65.1 Å². The second-order valence-corrected chi connectivity index (χ2v) is 11.0. The fourth-order valence-electron chi connectivity index (χ4n) is 5.14. The number of ether oxygens (including phenoxy) is 3. The standard InChI is InChI=1S/C31H32BrN3O6/c1-39-22-10-8-21(9-11-22)35-28(36)15-12-23(29(35)18-4-14-26(40-2)27(16-18)41-3)30(37)34-20-7-13-25(32)24(17-20)31(38)33-19-5-6-19/h4,7-11,13-14,16-17,19,23,29H,5-6,12,15H2,1-3H3,(H,33,38)(H,34,37). The van der Waals surface area contributed by atoms with E-state index in [0.717, 1.165) is 18.4 Å². The molecule has 41 heavy (non-hydrogen) atoms. The third kappa shape index (κ3) is 6.17. The van der Waals surface area contributed by atoms with E-state index in [1.165, 1.54) is 0 Å². The zero-order valence-electron chi connectivity index (χ0n) is 23.1.